The monoisotopic (exact) mass is 564 g/mol. The predicted octanol–water partition coefficient (Wildman–Crippen LogP) is 12.8. The van der Waals surface area contributed by atoms with Gasteiger partial charge in [0, 0.05) is 6.61 Å². The van der Waals surface area contributed by atoms with E-state index in [9.17, 15) is 0 Å². The highest BCUT2D eigenvalue weighted by atomic mass is 35.7. The molecule has 36 heavy (non-hydrogen) atoms. The summed E-state index contributed by atoms with van der Waals surface area (Å²) in [5.74, 6) is 0. The standard InChI is InChI=1S/C32H66Cl2OSi/c1-36(33,34)32-30-28-26-24-22-20-18-16-14-12-10-8-6-4-2-3-5-7-9-11-13-15-17-19-21-23-25-27-29-31-35/h35H,2-32H2,1H3. The molecule has 0 bridgehead atoms. The molecular formula is C32H66Cl2OSi. The van der Waals surface area contributed by atoms with Crippen LogP contribution in [0, 0.1) is 0 Å². The lowest BCUT2D eigenvalue weighted by Crippen LogP contribution is -2.11. The largest absolute Gasteiger partial charge is 0.396 e. The number of rotatable bonds is 31. The molecule has 0 radical (unpaired) electrons. The molecule has 0 amide bonds. The van der Waals surface area contributed by atoms with Crippen molar-refractivity contribution in [3.05, 3.63) is 0 Å². The fourth-order valence-corrected chi connectivity index (χ4v) is 6.99. The van der Waals surface area contributed by atoms with E-state index in [4.69, 9.17) is 27.3 Å². The number of halogens is 2. The molecule has 0 atom stereocenters. The molecule has 0 fully saturated rings. The Morgan fingerprint density at radius 2 is 0.500 bits per heavy atom. The van der Waals surface area contributed by atoms with E-state index >= 15 is 0 Å². The summed E-state index contributed by atoms with van der Waals surface area (Å²) >= 11 is 12.3. The van der Waals surface area contributed by atoms with Crippen LogP contribution in [-0.2, 0) is 0 Å². The van der Waals surface area contributed by atoms with Gasteiger partial charge in [-0.3, -0.25) is 0 Å². The summed E-state index contributed by atoms with van der Waals surface area (Å²) < 4.78 is 0. The number of aliphatic hydroxyl groups excluding tert-OH is 1. The van der Waals surface area contributed by atoms with Crippen molar-refractivity contribution in [1.29, 1.82) is 0 Å². The second kappa shape index (κ2) is 30.3. The summed E-state index contributed by atoms with van der Waals surface area (Å²) in [5, 5.41) is 8.78. The fourth-order valence-electron chi connectivity index (χ4n) is 5.32. The highest BCUT2D eigenvalue weighted by Gasteiger charge is 2.19. The van der Waals surface area contributed by atoms with Gasteiger partial charge >= 0.3 is 0 Å². The molecule has 0 aliphatic rings. The van der Waals surface area contributed by atoms with Crippen LogP contribution in [0.4, 0.5) is 0 Å². The second-order valence-electron chi connectivity index (χ2n) is 11.8. The van der Waals surface area contributed by atoms with Gasteiger partial charge in [-0.25, -0.2) is 0 Å². The van der Waals surface area contributed by atoms with Crippen LogP contribution >= 0.6 is 22.2 Å². The Kier molecular flexibility index (Phi) is 30.9. The van der Waals surface area contributed by atoms with Crippen molar-refractivity contribution in [2.24, 2.45) is 0 Å². The lowest BCUT2D eigenvalue weighted by Gasteiger charge is -2.09. The molecule has 0 aromatic carbocycles. The summed E-state index contributed by atoms with van der Waals surface area (Å²) in [4.78, 5) is 0. The summed E-state index contributed by atoms with van der Waals surface area (Å²) in [5.41, 5.74) is 0. The van der Waals surface area contributed by atoms with Crippen LogP contribution in [0.1, 0.15) is 186 Å². The molecule has 0 heterocycles. The molecule has 0 rings (SSSR count). The van der Waals surface area contributed by atoms with Crippen molar-refractivity contribution in [3.63, 3.8) is 0 Å². The number of hydrogen-bond donors (Lipinski definition) is 1. The Morgan fingerprint density at radius 3 is 0.667 bits per heavy atom. The first-order valence-electron chi connectivity index (χ1n) is 16.5. The van der Waals surface area contributed by atoms with E-state index in [1.165, 1.54) is 180 Å². The van der Waals surface area contributed by atoms with Gasteiger partial charge in [-0.1, -0.05) is 180 Å². The van der Waals surface area contributed by atoms with Gasteiger partial charge in [0.25, 0.3) is 0 Å². The van der Waals surface area contributed by atoms with Crippen LogP contribution in [0.25, 0.3) is 0 Å². The minimum absolute atomic E-state index is 0.371. The molecule has 0 saturated heterocycles. The lowest BCUT2D eigenvalue weighted by atomic mass is 10.0. The van der Waals surface area contributed by atoms with Crippen molar-refractivity contribution in [2.75, 3.05) is 6.61 Å². The third-order valence-electron chi connectivity index (χ3n) is 7.77. The van der Waals surface area contributed by atoms with Crippen molar-refractivity contribution < 1.29 is 5.11 Å². The quantitative estimate of drug-likeness (QED) is 0.0503. The Hall–Kier alpha value is 0.757. The SMILES string of the molecule is C[Si](Cl)(Cl)CCCCCCCCCCCCCCCCCCCCCCCCCCCCCCCO. The van der Waals surface area contributed by atoms with Crippen LogP contribution < -0.4 is 0 Å². The Balaban J connectivity index is 3.03. The third kappa shape index (κ3) is 34.8. The fraction of sp³-hybridized carbons (Fsp3) is 1.00. The van der Waals surface area contributed by atoms with Gasteiger partial charge in [-0.05, 0) is 19.0 Å². The summed E-state index contributed by atoms with van der Waals surface area (Å²) in [6.07, 6.45) is 40.7. The van der Waals surface area contributed by atoms with Crippen molar-refractivity contribution >= 4 is 28.9 Å². The Labute approximate surface area is 238 Å². The average molecular weight is 566 g/mol. The van der Waals surface area contributed by atoms with E-state index in [-0.39, 0.29) is 0 Å². The molecule has 0 saturated carbocycles. The maximum Gasteiger partial charge on any atom is 0.248 e. The lowest BCUT2D eigenvalue weighted by molar-refractivity contribution is 0.282. The smallest absolute Gasteiger partial charge is 0.248 e. The zero-order valence-electron chi connectivity index (χ0n) is 24.6. The highest BCUT2D eigenvalue weighted by molar-refractivity contribution is 7.44. The number of unbranched alkanes of at least 4 members (excludes halogenated alkanes) is 28. The van der Waals surface area contributed by atoms with Gasteiger partial charge < -0.3 is 5.11 Å². The molecule has 0 unspecified atom stereocenters. The molecule has 4 heteroatoms. The van der Waals surface area contributed by atoms with E-state index in [2.05, 4.69) is 0 Å². The van der Waals surface area contributed by atoms with E-state index in [1.807, 2.05) is 6.55 Å². The average Bonchev–Trinajstić information content (AvgIpc) is 2.84. The third-order valence-corrected chi connectivity index (χ3v) is 10.1. The van der Waals surface area contributed by atoms with Crippen molar-refractivity contribution in [1.82, 2.24) is 0 Å². The van der Waals surface area contributed by atoms with Gasteiger partial charge in [0.1, 0.15) is 0 Å². The minimum Gasteiger partial charge on any atom is -0.396 e. The van der Waals surface area contributed by atoms with Crippen LogP contribution in [0.15, 0.2) is 0 Å². The van der Waals surface area contributed by atoms with E-state index < -0.39 is 6.69 Å². The van der Waals surface area contributed by atoms with Crippen LogP contribution in [0.2, 0.25) is 12.6 Å². The predicted molar refractivity (Wildman–Crippen MR) is 169 cm³/mol. The molecule has 0 aromatic rings. The number of aliphatic hydroxyl groups is 1. The van der Waals surface area contributed by atoms with E-state index in [0.717, 1.165) is 12.5 Å². The zero-order valence-corrected chi connectivity index (χ0v) is 27.1. The van der Waals surface area contributed by atoms with Gasteiger partial charge in [0.05, 0.1) is 0 Å². The highest BCUT2D eigenvalue weighted by Crippen LogP contribution is 2.23. The van der Waals surface area contributed by atoms with Gasteiger partial charge in [-0.2, -0.15) is 0 Å². The van der Waals surface area contributed by atoms with Gasteiger partial charge in [-0.15, -0.1) is 22.2 Å². The molecule has 1 N–H and O–H groups in total. The summed E-state index contributed by atoms with van der Waals surface area (Å²) in [7, 11) is 0. The maximum atomic E-state index is 8.78. The van der Waals surface area contributed by atoms with Crippen LogP contribution in [0.5, 0.6) is 0 Å². The molecule has 218 valence electrons. The van der Waals surface area contributed by atoms with Crippen LogP contribution in [-0.4, -0.2) is 18.4 Å². The maximum absolute atomic E-state index is 8.78. The van der Waals surface area contributed by atoms with E-state index in [0.29, 0.717) is 6.61 Å². The second-order valence-corrected chi connectivity index (χ2v) is 20.0. The van der Waals surface area contributed by atoms with Crippen LogP contribution in [0.3, 0.4) is 0 Å². The number of hydrogen-bond acceptors (Lipinski definition) is 1. The molecule has 0 spiro atoms. The molecule has 0 aromatic heterocycles. The molecular weight excluding hydrogens is 499 g/mol. The first-order valence-corrected chi connectivity index (χ1v) is 21.3. The van der Waals surface area contributed by atoms with Crippen molar-refractivity contribution in [3.8, 4) is 0 Å². The summed E-state index contributed by atoms with van der Waals surface area (Å²) in [6.45, 7) is 0.567. The Morgan fingerprint density at radius 1 is 0.333 bits per heavy atom. The minimum atomic E-state index is -1.84. The van der Waals surface area contributed by atoms with Gasteiger partial charge in [0.2, 0.25) is 6.69 Å². The van der Waals surface area contributed by atoms with E-state index in [1.54, 1.807) is 0 Å². The molecule has 1 nitrogen and oxygen atoms in total. The normalized spacial score (nSPS) is 12.0. The zero-order chi connectivity index (χ0) is 26.4. The first-order chi connectivity index (χ1) is 17.6. The molecule has 0 aliphatic heterocycles. The molecule has 0 aliphatic carbocycles. The van der Waals surface area contributed by atoms with Crippen molar-refractivity contribution in [2.45, 2.75) is 199 Å². The topological polar surface area (TPSA) is 20.2 Å². The summed E-state index contributed by atoms with van der Waals surface area (Å²) in [6, 6.07) is 1.06. The van der Waals surface area contributed by atoms with Gasteiger partial charge in [0.15, 0.2) is 0 Å². The Bertz CT molecular complexity index is 400. The first kappa shape index (κ1) is 36.8.